The van der Waals surface area contributed by atoms with Crippen molar-refractivity contribution in [1.82, 2.24) is 25.2 Å². The van der Waals surface area contributed by atoms with Gasteiger partial charge in [0.2, 0.25) is 0 Å². The molecule has 3 heterocycles. The average molecular weight is 491 g/mol. The van der Waals surface area contributed by atoms with Crippen LogP contribution in [0.15, 0.2) is 77.6 Å². The van der Waals surface area contributed by atoms with Crippen LogP contribution in [0.4, 0.5) is 5.69 Å². The van der Waals surface area contributed by atoms with Crippen molar-refractivity contribution in [1.29, 1.82) is 0 Å². The Labute approximate surface area is 215 Å². The van der Waals surface area contributed by atoms with Gasteiger partial charge in [-0.05, 0) is 95.4 Å². The number of H-pyrrole nitrogens is 1. The van der Waals surface area contributed by atoms with Gasteiger partial charge in [-0.15, -0.1) is 5.10 Å². The van der Waals surface area contributed by atoms with E-state index < -0.39 is 6.04 Å². The number of fused-ring (bicyclic) bond motifs is 2. The van der Waals surface area contributed by atoms with Gasteiger partial charge < -0.3 is 9.88 Å². The SMILES string of the molecule is Cc1cc2cc(C(c3nnnn3CCc3ccccc3)N3CCCc4ccccc43)c(=O)[nH]c2cc1C. The minimum atomic E-state index is -0.415. The Kier molecular flexibility index (Phi) is 6.04. The molecule has 0 aliphatic carbocycles. The molecule has 0 bridgehead atoms. The molecule has 0 radical (unpaired) electrons. The molecule has 1 aliphatic heterocycles. The second-order valence-corrected chi connectivity index (χ2v) is 9.90. The molecule has 1 aliphatic rings. The van der Waals surface area contributed by atoms with Gasteiger partial charge in [0.1, 0.15) is 6.04 Å². The van der Waals surface area contributed by atoms with Crippen LogP contribution in [0.2, 0.25) is 0 Å². The first-order valence-electron chi connectivity index (χ1n) is 12.9. The third-order valence-electron chi connectivity index (χ3n) is 7.50. The van der Waals surface area contributed by atoms with Crippen LogP contribution in [-0.2, 0) is 19.4 Å². The molecular formula is C30H30N6O. The Morgan fingerprint density at radius 2 is 1.76 bits per heavy atom. The van der Waals surface area contributed by atoms with Crippen molar-refractivity contribution in [3.63, 3.8) is 0 Å². The summed E-state index contributed by atoms with van der Waals surface area (Å²) < 4.78 is 1.86. The third-order valence-corrected chi connectivity index (χ3v) is 7.50. The molecule has 0 saturated heterocycles. The predicted octanol–water partition coefficient (Wildman–Crippen LogP) is 4.92. The number of nitrogens with zero attached hydrogens (tertiary/aromatic N) is 5. The molecule has 1 unspecified atom stereocenters. The normalized spacial score (nSPS) is 14.1. The molecule has 1 N–H and O–H groups in total. The number of pyridine rings is 1. The van der Waals surface area contributed by atoms with Crippen molar-refractivity contribution in [2.45, 2.75) is 45.7 Å². The van der Waals surface area contributed by atoms with Gasteiger partial charge in [-0.3, -0.25) is 4.79 Å². The zero-order valence-corrected chi connectivity index (χ0v) is 21.2. The summed E-state index contributed by atoms with van der Waals surface area (Å²) >= 11 is 0. The van der Waals surface area contributed by atoms with Gasteiger partial charge in [0.15, 0.2) is 5.82 Å². The van der Waals surface area contributed by atoms with E-state index in [9.17, 15) is 4.79 Å². The second kappa shape index (κ2) is 9.65. The number of tetrazole rings is 1. The van der Waals surface area contributed by atoms with Gasteiger partial charge in [0.25, 0.3) is 5.56 Å². The fourth-order valence-corrected chi connectivity index (χ4v) is 5.42. The smallest absolute Gasteiger partial charge is 0.254 e. The van der Waals surface area contributed by atoms with E-state index in [1.165, 1.54) is 16.7 Å². The Morgan fingerprint density at radius 3 is 2.62 bits per heavy atom. The molecule has 2 aromatic heterocycles. The van der Waals surface area contributed by atoms with Gasteiger partial charge in [0, 0.05) is 29.9 Å². The summed E-state index contributed by atoms with van der Waals surface area (Å²) in [4.78, 5) is 19.1. The largest absolute Gasteiger partial charge is 0.357 e. The lowest BCUT2D eigenvalue weighted by atomic mass is 9.96. The highest BCUT2D eigenvalue weighted by Crippen LogP contribution is 2.36. The van der Waals surface area contributed by atoms with Crippen molar-refractivity contribution >= 4 is 16.6 Å². The van der Waals surface area contributed by atoms with E-state index in [0.717, 1.165) is 48.0 Å². The lowest BCUT2D eigenvalue weighted by Crippen LogP contribution is -2.38. The van der Waals surface area contributed by atoms with Gasteiger partial charge in [-0.2, -0.15) is 0 Å². The molecule has 6 rings (SSSR count). The summed E-state index contributed by atoms with van der Waals surface area (Å²) in [7, 11) is 0. The topological polar surface area (TPSA) is 79.7 Å². The minimum Gasteiger partial charge on any atom is -0.357 e. The first-order valence-corrected chi connectivity index (χ1v) is 12.9. The van der Waals surface area contributed by atoms with E-state index in [0.29, 0.717) is 17.9 Å². The summed E-state index contributed by atoms with van der Waals surface area (Å²) in [6.07, 6.45) is 2.82. The Hall–Kier alpha value is -4.26. The maximum Gasteiger partial charge on any atom is 0.254 e. The van der Waals surface area contributed by atoms with Crippen LogP contribution >= 0.6 is 0 Å². The number of aryl methyl sites for hydroxylation is 5. The molecule has 0 amide bonds. The van der Waals surface area contributed by atoms with Crippen LogP contribution in [0.3, 0.4) is 0 Å². The number of para-hydroxylation sites is 1. The number of nitrogens with one attached hydrogen (secondary N) is 1. The van der Waals surface area contributed by atoms with Crippen LogP contribution in [0.1, 0.15) is 46.1 Å². The van der Waals surface area contributed by atoms with E-state index in [4.69, 9.17) is 0 Å². The van der Waals surface area contributed by atoms with Crippen molar-refractivity contribution in [2.24, 2.45) is 0 Å². The molecule has 5 aromatic rings. The van der Waals surface area contributed by atoms with Crippen molar-refractivity contribution in [3.8, 4) is 0 Å². The van der Waals surface area contributed by atoms with Gasteiger partial charge in [0.05, 0.1) is 0 Å². The number of rotatable bonds is 6. The van der Waals surface area contributed by atoms with E-state index in [-0.39, 0.29) is 5.56 Å². The van der Waals surface area contributed by atoms with Crippen LogP contribution in [0.5, 0.6) is 0 Å². The van der Waals surface area contributed by atoms with Crippen molar-refractivity contribution < 1.29 is 0 Å². The lowest BCUT2D eigenvalue weighted by molar-refractivity contribution is 0.526. The number of aromatic amines is 1. The van der Waals surface area contributed by atoms with Gasteiger partial charge in [-0.25, -0.2) is 4.68 Å². The predicted molar refractivity (Wildman–Crippen MR) is 146 cm³/mol. The maximum absolute atomic E-state index is 13.7. The molecule has 7 nitrogen and oxygen atoms in total. The zero-order valence-electron chi connectivity index (χ0n) is 21.2. The summed E-state index contributed by atoms with van der Waals surface area (Å²) in [6.45, 7) is 5.61. The van der Waals surface area contributed by atoms with Crippen LogP contribution in [0.25, 0.3) is 10.9 Å². The fraction of sp³-hybridized carbons (Fsp3) is 0.267. The van der Waals surface area contributed by atoms with Crippen LogP contribution < -0.4 is 10.5 Å². The quantitative estimate of drug-likeness (QED) is 0.366. The molecule has 7 heteroatoms. The molecule has 0 saturated carbocycles. The van der Waals surface area contributed by atoms with E-state index in [1.807, 2.05) is 35.0 Å². The average Bonchev–Trinajstić information content (AvgIpc) is 3.38. The number of benzene rings is 3. The standard InChI is InChI=1S/C30H30N6O/c1-20-17-24-19-25(30(37)31-26(24)18-21(20)2)28(35-15-8-12-23-11-6-7-13-27(23)35)29-32-33-34-36(29)16-14-22-9-4-3-5-10-22/h3-7,9-11,13,17-19,28H,8,12,14-16H2,1-2H3,(H,31,37). The Bertz CT molecular complexity index is 1620. The minimum absolute atomic E-state index is 0.110. The van der Waals surface area contributed by atoms with Crippen LogP contribution in [-0.4, -0.2) is 31.7 Å². The molecule has 3 aromatic carbocycles. The Morgan fingerprint density at radius 1 is 0.973 bits per heavy atom. The number of hydrogen-bond donors (Lipinski definition) is 1. The zero-order chi connectivity index (χ0) is 25.4. The van der Waals surface area contributed by atoms with Gasteiger partial charge in [-0.1, -0.05) is 48.5 Å². The molecule has 37 heavy (non-hydrogen) atoms. The first kappa shape index (κ1) is 23.2. The number of aromatic nitrogens is 5. The lowest BCUT2D eigenvalue weighted by Gasteiger charge is -2.37. The first-order chi connectivity index (χ1) is 18.1. The Balaban J connectivity index is 1.50. The highest BCUT2D eigenvalue weighted by atomic mass is 16.1. The van der Waals surface area contributed by atoms with E-state index in [2.05, 4.69) is 81.7 Å². The van der Waals surface area contributed by atoms with E-state index in [1.54, 1.807) is 0 Å². The molecule has 186 valence electrons. The summed E-state index contributed by atoms with van der Waals surface area (Å²) in [5.74, 6) is 0.682. The molecule has 0 spiro atoms. The highest BCUT2D eigenvalue weighted by molar-refractivity contribution is 5.81. The van der Waals surface area contributed by atoms with E-state index >= 15 is 0 Å². The molecule has 1 atom stereocenters. The molecular weight excluding hydrogens is 460 g/mol. The maximum atomic E-state index is 13.7. The second-order valence-electron chi connectivity index (χ2n) is 9.90. The molecule has 0 fully saturated rings. The fourth-order valence-electron chi connectivity index (χ4n) is 5.42. The third kappa shape index (κ3) is 4.42. The van der Waals surface area contributed by atoms with Crippen molar-refractivity contribution in [2.75, 3.05) is 11.4 Å². The summed E-state index contributed by atoms with van der Waals surface area (Å²) in [6, 6.07) is 24.6. The summed E-state index contributed by atoms with van der Waals surface area (Å²) in [5, 5.41) is 14.0. The number of hydrogen-bond acceptors (Lipinski definition) is 5. The van der Waals surface area contributed by atoms with Crippen LogP contribution in [0, 0.1) is 13.8 Å². The van der Waals surface area contributed by atoms with Gasteiger partial charge >= 0.3 is 0 Å². The monoisotopic (exact) mass is 490 g/mol. The summed E-state index contributed by atoms with van der Waals surface area (Å²) in [5.41, 5.74) is 7.38. The number of anilines is 1. The van der Waals surface area contributed by atoms with Crippen molar-refractivity contribution in [3.05, 3.63) is 117 Å². The highest BCUT2D eigenvalue weighted by Gasteiger charge is 2.33.